The van der Waals surface area contributed by atoms with Crippen LogP contribution in [0.25, 0.3) is 0 Å². The van der Waals surface area contributed by atoms with Gasteiger partial charge in [0.05, 0.1) is 4.75 Å². The average Bonchev–Trinajstić information content (AvgIpc) is 2.11. The third-order valence-electron chi connectivity index (χ3n) is 2.51. The summed E-state index contributed by atoms with van der Waals surface area (Å²) in [5.74, 6) is 1.07. The number of halogens is 1. The summed E-state index contributed by atoms with van der Waals surface area (Å²) >= 11 is 5.78. The lowest BCUT2D eigenvalue weighted by Crippen LogP contribution is -2.38. The van der Waals surface area contributed by atoms with E-state index in [1.54, 1.807) is 26.8 Å². The Morgan fingerprint density at radius 3 is 2.47 bits per heavy atom. The first-order valence-corrected chi connectivity index (χ1v) is 7.33. The second kappa shape index (κ2) is 4.78. The largest absolute Gasteiger partial charge is 0.368 e. The van der Waals surface area contributed by atoms with Gasteiger partial charge >= 0.3 is 0 Å². The topological polar surface area (TPSA) is 72.0 Å². The predicted molar refractivity (Wildman–Crippen MR) is 69.2 cm³/mol. The molecular formula is C10H16ClN3O2S. The number of hydrogen-bond acceptors (Lipinski definition) is 5. The number of aryl methyl sites for hydroxylation is 1. The normalized spacial score (nSPS) is 12.5. The lowest BCUT2D eigenvalue weighted by molar-refractivity contribution is 0.559. The summed E-state index contributed by atoms with van der Waals surface area (Å²) in [4.78, 5) is 8.04. The molecule has 1 aromatic heterocycles. The summed E-state index contributed by atoms with van der Waals surface area (Å²) in [6.45, 7) is 5.30. The maximum absolute atomic E-state index is 11.5. The molecule has 0 radical (unpaired) electrons. The smallest absolute Gasteiger partial charge is 0.154 e. The van der Waals surface area contributed by atoms with E-state index in [1.165, 1.54) is 6.26 Å². The first-order chi connectivity index (χ1) is 7.62. The molecule has 0 atom stereocenters. The molecule has 0 saturated carbocycles. The molecule has 0 aromatic carbocycles. The van der Waals surface area contributed by atoms with Crippen molar-refractivity contribution in [1.29, 1.82) is 0 Å². The maximum Gasteiger partial charge on any atom is 0.154 e. The van der Waals surface area contributed by atoms with Crippen molar-refractivity contribution >= 4 is 27.3 Å². The molecule has 0 aliphatic heterocycles. The van der Waals surface area contributed by atoms with Crippen LogP contribution in [0.1, 0.15) is 19.7 Å². The molecule has 5 nitrogen and oxygen atoms in total. The molecule has 0 aliphatic carbocycles. The Balaban J connectivity index is 2.81. The molecule has 0 saturated heterocycles. The lowest BCUT2D eigenvalue weighted by Gasteiger charge is -2.23. The second-order valence-corrected chi connectivity index (χ2v) is 7.55. The SMILES string of the molecule is Cc1nc(Cl)cc(NCC(C)(C)S(C)(=O)=O)n1. The van der Waals surface area contributed by atoms with Gasteiger partial charge in [0.2, 0.25) is 0 Å². The summed E-state index contributed by atoms with van der Waals surface area (Å²) in [5.41, 5.74) is 0. The Labute approximate surface area is 107 Å². The third kappa shape index (κ3) is 3.81. The van der Waals surface area contributed by atoms with Crippen molar-refractivity contribution in [2.45, 2.75) is 25.5 Å². The first-order valence-electron chi connectivity index (χ1n) is 5.06. The molecule has 1 N–H and O–H groups in total. The maximum atomic E-state index is 11.5. The summed E-state index contributed by atoms with van der Waals surface area (Å²) in [6, 6.07) is 1.56. The van der Waals surface area contributed by atoms with Gasteiger partial charge in [-0.25, -0.2) is 18.4 Å². The van der Waals surface area contributed by atoms with Gasteiger partial charge in [-0.1, -0.05) is 11.6 Å². The summed E-state index contributed by atoms with van der Waals surface area (Å²) in [6.07, 6.45) is 1.22. The van der Waals surface area contributed by atoms with E-state index in [0.717, 1.165) is 0 Å². The van der Waals surface area contributed by atoms with Crippen LogP contribution in [0, 0.1) is 6.92 Å². The van der Waals surface area contributed by atoms with E-state index < -0.39 is 14.6 Å². The Bertz CT molecular complexity index is 494. The van der Waals surface area contributed by atoms with Crippen LogP contribution < -0.4 is 5.32 Å². The van der Waals surface area contributed by atoms with Crippen LogP contribution in [0.3, 0.4) is 0 Å². The van der Waals surface area contributed by atoms with Crippen LogP contribution in [0.5, 0.6) is 0 Å². The molecule has 0 amide bonds. The zero-order chi connectivity index (χ0) is 13.3. The van der Waals surface area contributed by atoms with Gasteiger partial charge < -0.3 is 5.32 Å². The van der Waals surface area contributed by atoms with E-state index in [9.17, 15) is 8.42 Å². The molecule has 0 fully saturated rings. The number of sulfone groups is 1. The first kappa shape index (κ1) is 14.2. The van der Waals surface area contributed by atoms with E-state index in [1.807, 2.05) is 0 Å². The van der Waals surface area contributed by atoms with Crippen molar-refractivity contribution in [1.82, 2.24) is 9.97 Å². The highest BCUT2D eigenvalue weighted by Crippen LogP contribution is 2.17. The standard InChI is InChI=1S/C10H16ClN3O2S/c1-7-13-8(11)5-9(14-7)12-6-10(2,3)17(4,15)16/h5H,6H2,1-4H3,(H,12,13,14). The quantitative estimate of drug-likeness (QED) is 0.848. The van der Waals surface area contributed by atoms with Gasteiger partial charge in [0.15, 0.2) is 9.84 Å². The highest BCUT2D eigenvalue weighted by atomic mass is 35.5. The molecule has 96 valence electrons. The molecule has 7 heteroatoms. The van der Waals surface area contributed by atoms with Gasteiger partial charge in [-0.15, -0.1) is 0 Å². The van der Waals surface area contributed by atoms with Gasteiger partial charge in [0.25, 0.3) is 0 Å². The number of anilines is 1. The molecule has 0 aliphatic rings. The van der Waals surface area contributed by atoms with Crippen LogP contribution in [0.2, 0.25) is 5.15 Å². The van der Waals surface area contributed by atoms with Crippen molar-refractivity contribution in [2.24, 2.45) is 0 Å². The second-order valence-electron chi connectivity index (χ2n) is 4.51. The summed E-state index contributed by atoms with van der Waals surface area (Å²) in [7, 11) is -3.13. The van der Waals surface area contributed by atoms with Crippen LogP contribution in [-0.4, -0.2) is 35.9 Å². The van der Waals surface area contributed by atoms with E-state index >= 15 is 0 Å². The molecule has 1 aromatic rings. The van der Waals surface area contributed by atoms with Crippen LogP contribution in [-0.2, 0) is 9.84 Å². The summed E-state index contributed by atoms with van der Waals surface area (Å²) < 4.78 is 22.2. The van der Waals surface area contributed by atoms with Gasteiger partial charge in [0, 0.05) is 18.9 Å². The fourth-order valence-electron chi connectivity index (χ4n) is 1.06. The number of rotatable bonds is 4. The van der Waals surface area contributed by atoms with E-state index in [-0.39, 0.29) is 6.54 Å². The monoisotopic (exact) mass is 277 g/mol. The van der Waals surface area contributed by atoms with E-state index in [0.29, 0.717) is 16.8 Å². The molecule has 0 unspecified atom stereocenters. The minimum Gasteiger partial charge on any atom is -0.368 e. The van der Waals surface area contributed by atoms with Crippen LogP contribution in [0.4, 0.5) is 5.82 Å². The minimum absolute atomic E-state index is 0.263. The van der Waals surface area contributed by atoms with Crippen molar-refractivity contribution < 1.29 is 8.42 Å². The van der Waals surface area contributed by atoms with Crippen LogP contribution in [0.15, 0.2) is 6.07 Å². The lowest BCUT2D eigenvalue weighted by atomic mass is 10.2. The number of nitrogens with zero attached hydrogens (tertiary/aromatic N) is 2. The zero-order valence-electron chi connectivity index (χ0n) is 10.3. The fourth-order valence-corrected chi connectivity index (χ4v) is 1.62. The van der Waals surface area contributed by atoms with Gasteiger partial charge in [-0.05, 0) is 20.8 Å². The van der Waals surface area contributed by atoms with Crippen molar-refractivity contribution in [3.63, 3.8) is 0 Å². The molecular weight excluding hydrogens is 262 g/mol. The Hall–Kier alpha value is -0.880. The van der Waals surface area contributed by atoms with E-state index in [4.69, 9.17) is 11.6 Å². The highest BCUT2D eigenvalue weighted by molar-refractivity contribution is 7.92. The van der Waals surface area contributed by atoms with Crippen molar-refractivity contribution in [2.75, 3.05) is 18.1 Å². The Morgan fingerprint density at radius 1 is 1.41 bits per heavy atom. The van der Waals surface area contributed by atoms with Crippen molar-refractivity contribution in [3.8, 4) is 0 Å². The van der Waals surface area contributed by atoms with E-state index in [2.05, 4.69) is 15.3 Å². The van der Waals surface area contributed by atoms with Gasteiger partial charge in [0.1, 0.15) is 16.8 Å². The zero-order valence-corrected chi connectivity index (χ0v) is 11.9. The Kier molecular flexibility index (Phi) is 3.99. The fraction of sp³-hybridized carbons (Fsp3) is 0.600. The third-order valence-corrected chi connectivity index (χ3v) is 4.85. The number of aromatic nitrogens is 2. The predicted octanol–water partition coefficient (Wildman–Crippen LogP) is 1.67. The summed E-state index contributed by atoms with van der Waals surface area (Å²) in [5, 5.41) is 3.29. The average molecular weight is 278 g/mol. The highest BCUT2D eigenvalue weighted by Gasteiger charge is 2.29. The molecule has 17 heavy (non-hydrogen) atoms. The molecule has 0 bridgehead atoms. The number of hydrogen-bond donors (Lipinski definition) is 1. The number of nitrogens with one attached hydrogen (secondary N) is 1. The minimum atomic E-state index is -3.13. The van der Waals surface area contributed by atoms with Gasteiger partial charge in [-0.3, -0.25) is 0 Å². The van der Waals surface area contributed by atoms with Crippen molar-refractivity contribution in [3.05, 3.63) is 17.0 Å². The molecule has 0 spiro atoms. The van der Waals surface area contributed by atoms with Gasteiger partial charge in [-0.2, -0.15) is 0 Å². The van der Waals surface area contributed by atoms with Crippen LogP contribution >= 0.6 is 11.6 Å². The Morgan fingerprint density at radius 2 is 2.00 bits per heavy atom. The molecule has 1 rings (SSSR count). The molecule has 1 heterocycles.